The predicted octanol–water partition coefficient (Wildman–Crippen LogP) is 23.1. The molecule has 0 N–H and O–H groups in total. The second-order valence-corrected chi connectivity index (χ2v) is 22.7. The third-order valence-corrected chi connectivity index (χ3v) is 15.0. The smallest absolute Gasteiger partial charge is 0.306 e. The molecule has 0 radical (unpaired) electrons. The molecule has 0 rings (SSSR count). The number of allylic oxidation sites excluding steroid dienone is 10. The van der Waals surface area contributed by atoms with Crippen LogP contribution in [0.25, 0.3) is 0 Å². The van der Waals surface area contributed by atoms with Crippen LogP contribution < -0.4 is 0 Å². The zero-order chi connectivity index (χ0) is 55.7. The molecule has 6 nitrogen and oxygen atoms in total. The Morgan fingerprint density at radius 3 is 0.805 bits per heavy atom. The molecule has 0 aromatic heterocycles. The van der Waals surface area contributed by atoms with Gasteiger partial charge in [0.05, 0.1) is 0 Å². The Morgan fingerprint density at radius 1 is 0.273 bits per heavy atom. The van der Waals surface area contributed by atoms with Gasteiger partial charge in [0.15, 0.2) is 6.10 Å². The second kappa shape index (κ2) is 65.6. The van der Waals surface area contributed by atoms with E-state index in [4.69, 9.17) is 14.2 Å². The van der Waals surface area contributed by atoms with Crippen LogP contribution in [0.2, 0.25) is 0 Å². The van der Waals surface area contributed by atoms with Crippen LogP contribution in [0.4, 0.5) is 0 Å². The molecule has 0 saturated carbocycles. The first kappa shape index (κ1) is 74.1. The van der Waals surface area contributed by atoms with Gasteiger partial charge in [-0.3, -0.25) is 14.4 Å². The van der Waals surface area contributed by atoms with Crippen LogP contribution in [0.5, 0.6) is 0 Å². The number of ether oxygens (including phenoxy) is 3. The van der Waals surface area contributed by atoms with Crippen molar-refractivity contribution in [1.29, 1.82) is 0 Å². The molecule has 77 heavy (non-hydrogen) atoms. The molecular weight excluding hydrogens is 949 g/mol. The van der Waals surface area contributed by atoms with Crippen LogP contribution in [0.15, 0.2) is 60.8 Å². The average molecular weight is 1080 g/mol. The third-order valence-electron chi connectivity index (χ3n) is 15.0. The van der Waals surface area contributed by atoms with Gasteiger partial charge in [-0.1, -0.05) is 313 Å². The van der Waals surface area contributed by atoms with Crippen LogP contribution in [-0.2, 0) is 28.6 Å². The zero-order valence-corrected chi connectivity index (χ0v) is 51.5. The molecule has 0 spiro atoms. The van der Waals surface area contributed by atoms with Crippen molar-refractivity contribution in [2.24, 2.45) is 0 Å². The molecule has 0 aromatic rings. The topological polar surface area (TPSA) is 78.9 Å². The Labute approximate surface area is 479 Å². The van der Waals surface area contributed by atoms with Crippen molar-refractivity contribution in [2.45, 2.75) is 361 Å². The monoisotopic (exact) mass is 1080 g/mol. The van der Waals surface area contributed by atoms with Crippen molar-refractivity contribution >= 4 is 17.9 Å². The van der Waals surface area contributed by atoms with Gasteiger partial charge in [-0.2, -0.15) is 0 Å². The summed E-state index contributed by atoms with van der Waals surface area (Å²) in [5.74, 6) is -0.861. The van der Waals surface area contributed by atoms with Crippen LogP contribution in [0, 0.1) is 0 Å². The molecule has 0 aliphatic carbocycles. The minimum atomic E-state index is -0.779. The summed E-state index contributed by atoms with van der Waals surface area (Å²) in [6.07, 6.45) is 83.7. The van der Waals surface area contributed by atoms with E-state index >= 15 is 0 Å². The highest BCUT2D eigenvalue weighted by atomic mass is 16.6. The molecule has 0 aliphatic heterocycles. The summed E-state index contributed by atoms with van der Waals surface area (Å²) in [6, 6.07) is 0. The fourth-order valence-electron chi connectivity index (χ4n) is 9.96. The first-order valence-corrected chi connectivity index (χ1v) is 33.8. The highest BCUT2D eigenvalue weighted by Gasteiger charge is 2.19. The number of esters is 3. The van der Waals surface area contributed by atoms with Gasteiger partial charge in [0.2, 0.25) is 0 Å². The molecule has 0 heterocycles. The van der Waals surface area contributed by atoms with E-state index in [0.717, 1.165) is 89.9 Å². The summed E-state index contributed by atoms with van der Waals surface area (Å²) in [7, 11) is 0. The standard InChI is InChI=1S/C71H128O6/c1-4-7-10-13-16-19-22-25-28-31-34-35-38-40-43-46-49-52-55-58-61-64-70(73)76-67-68(77-71(74)65-62-59-56-53-50-47-44-41-37-33-30-27-24-21-18-15-12-9-6-3)66-75-69(72)63-60-57-54-51-48-45-42-39-36-32-29-26-23-20-17-14-11-8-5-2/h7,10,16,19,25,27-28,30,34-35,68H,4-6,8-9,11-15,17-18,20-24,26,29,31-33,36-67H2,1-3H3/b10-7-,19-16-,28-25-,30-27-,35-34-. The summed E-state index contributed by atoms with van der Waals surface area (Å²) in [5.41, 5.74) is 0. The summed E-state index contributed by atoms with van der Waals surface area (Å²) in [5, 5.41) is 0. The van der Waals surface area contributed by atoms with E-state index in [1.807, 2.05) is 0 Å². The summed E-state index contributed by atoms with van der Waals surface area (Å²) in [6.45, 7) is 6.58. The predicted molar refractivity (Wildman–Crippen MR) is 335 cm³/mol. The molecule has 1 atom stereocenters. The van der Waals surface area contributed by atoms with E-state index in [1.165, 1.54) is 225 Å². The second-order valence-electron chi connectivity index (χ2n) is 22.7. The van der Waals surface area contributed by atoms with E-state index in [1.54, 1.807) is 0 Å². The van der Waals surface area contributed by atoms with E-state index in [2.05, 4.69) is 81.5 Å². The molecule has 1 unspecified atom stereocenters. The molecule has 448 valence electrons. The molecular formula is C71H128O6. The molecule has 0 fully saturated rings. The molecule has 0 saturated heterocycles. The van der Waals surface area contributed by atoms with Crippen molar-refractivity contribution in [3.63, 3.8) is 0 Å². The fraction of sp³-hybridized carbons (Fsp3) is 0.817. The van der Waals surface area contributed by atoms with Crippen molar-refractivity contribution in [3.05, 3.63) is 60.8 Å². The Morgan fingerprint density at radius 2 is 0.506 bits per heavy atom. The van der Waals surface area contributed by atoms with Crippen molar-refractivity contribution < 1.29 is 28.6 Å². The number of carbonyl (C=O) groups excluding carboxylic acids is 3. The minimum Gasteiger partial charge on any atom is -0.462 e. The Hall–Kier alpha value is -2.89. The van der Waals surface area contributed by atoms with Gasteiger partial charge >= 0.3 is 17.9 Å². The quantitative estimate of drug-likeness (QED) is 0.0261. The van der Waals surface area contributed by atoms with E-state index in [-0.39, 0.29) is 31.1 Å². The Balaban J connectivity index is 4.35. The number of carbonyl (C=O) groups is 3. The number of rotatable bonds is 62. The van der Waals surface area contributed by atoms with Crippen LogP contribution in [0.1, 0.15) is 355 Å². The Bertz CT molecular complexity index is 1380. The number of hydrogen-bond donors (Lipinski definition) is 0. The van der Waals surface area contributed by atoms with Crippen molar-refractivity contribution in [3.8, 4) is 0 Å². The maximum atomic E-state index is 12.9. The highest BCUT2D eigenvalue weighted by Crippen LogP contribution is 2.18. The fourth-order valence-corrected chi connectivity index (χ4v) is 9.96. The van der Waals surface area contributed by atoms with Crippen molar-refractivity contribution in [1.82, 2.24) is 0 Å². The first-order valence-electron chi connectivity index (χ1n) is 33.8. The largest absolute Gasteiger partial charge is 0.462 e. The van der Waals surface area contributed by atoms with Gasteiger partial charge in [-0.05, 0) is 83.5 Å². The normalized spacial score (nSPS) is 12.4. The minimum absolute atomic E-state index is 0.0735. The van der Waals surface area contributed by atoms with E-state index in [0.29, 0.717) is 19.3 Å². The molecule has 0 bridgehead atoms. The van der Waals surface area contributed by atoms with Crippen LogP contribution >= 0.6 is 0 Å². The lowest BCUT2D eigenvalue weighted by Gasteiger charge is -2.18. The van der Waals surface area contributed by atoms with Crippen LogP contribution in [-0.4, -0.2) is 37.2 Å². The molecule has 6 heteroatoms. The van der Waals surface area contributed by atoms with Gasteiger partial charge in [0, 0.05) is 19.3 Å². The lowest BCUT2D eigenvalue weighted by molar-refractivity contribution is -0.167. The van der Waals surface area contributed by atoms with Crippen LogP contribution in [0.3, 0.4) is 0 Å². The molecule has 0 amide bonds. The average Bonchev–Trinajstić information content (AvgIpc) is 3.43. The van der Waals surface area contributed by atoms with Gasteiger partial charge < -0.3 is 14.2 Å². The third kappa shape index (κ3) is 63.8. The summed E-state index contributed by atoms with van der Waals surface area (Å²) < 4.78 is 17.0. The lowest BCUT2D eigenvalue weighted by atomic mass is 10.0. The van der Waals surface area contributed by atoms with Gasteiger partial charge in [0.1, 0.15) is 13.2 Å². The van der Waals surface area contributed by atoms with Crippen molar-refractivity contribution in [2.75, 3.05) is 13.2 Å². The molecule has 0 aromatic carbocycles. The van der Waals surface area contributed by atoms with E-state index < -0.39 is 6.10 Å². The van der Waals surface area contributed by atoms with E-state index in [9.17, 15) is 14.4 Å². The summed E-state index contributed by atoms with van der Waals surface area (Å²) in [4.78, 5) is 38.4. The number of unbranched alkanes of at least 4 members (excludes halogenated alkanes) is 41. The van der Waals surface area contributed by atoms with Gasteiger partial charge in [0.25, 0.3) is 0 Å². The summed E-state index contributed by atoms with van der Waals surface area (Å²) >= 11 is 0. The maximum absolute atomic E-state index is 12.9. The zero-order valence-electron chi connectivity index (χ0n) is 51.5. The maximum Gasteiger partial charge on any atom is 0.306 e. The van der Waals surface area contributed by atoms with Gasteiger partial charge in [-0.15, -0.1) is 0 Å². The number of hydrogen-bond acceptors (Lipinski definition) is 6. The van der Waals surface area contributed by atoms with Gasteiger partial charge in [-0.25, -0.2) is 0 Å². The Kier molecular flexibility index (Phi) is 63.2. The lowest BCUT2D eigenvalue weighted by Crippen LogP contribution is -2.30. The SMILES string of the molecule is CC/C=C\C/C=C\C/C=C\C/C=C\CCCCCCCCCCC(=O)OCC(COC(=O)CCCCCCCCCCCCCCCCCCCCC)OC(=O)CCCCCCCCCCC/C=C\CCCCCCCC. The first-order chi connectivity index (χ1) is 38.0. The highest BCUT2D eigenvalue weighted by molar-refractivity contribution is 5.71. The molecule has 0 aliphatic rings.